The number of hydrogen-bond acceptors (Lipinski definition) is 4. The number of halogens is 1. The van der Waals surface area contributed by atoms with E-state index in [1.807, 2.05) is 0 Å². The van der Waals surface area contributed by atoms with Gasteiger partial charge in [0.25, 0.3) is 0 Å². The predicted molar refractivity (Wildman–Crippen MR) is 46.5 cm³/mol. The van der Waals surface area contributed by atoms with Crippen molar-refractivity contribution in [2.24, 2.45) is 5.73 Å². The van der Waals surface area contributed by atoms with Crippen LogP contribution < -0.4 is 5.73 Å². The zero-order chi connectivity index (χ0) is 9.14. The number of aromatic nitrogens is 1. The lowest BCUT2D eigenvalue weighted by Crippen LogP contribution is -2.00. The highest BCUT2D eigenvalue weighted by Crippen LogP contribution is 2.19. The Morgan fingerprint density at radius 3 is 2.83 bits per heavy atom. The van der Waals surface area contributed by atoms with Crippen molar-refractivity contribution in [1.29, 1.82) is 0 Å². The lowest BCUT2D eigenvalue weighted by atomic mass is 10.3. The van der Waals surface area contributed by atoms with Gasteiger partial charge in [-0.15, -0.1) is 0 Å². The molecule has 1 aromatic rings. The van der Waals surface area contributed by atoms with E-state index in [-0.39, 0.29) is 5.82 Å². The van der Waals surface area contributed by atoms with Gasteiger partial charge in [-0.25, -0.2) is 0 Å². The molecule has 0 bridgehead atoms. The van der Waals surface area contributed by atoms with Crippen LogP contribution in [0.3, 0.4) is 0 Å². The topological polar surface area (TPSA) is 82.0 Å². The van der Waals surface area contributed by atoms with Gasteiger partial charge in [-0.1, -0.05) is 15.9 Å². The number of rotatable bonds is 2. The molecular formula is C6H6BrN3O2. The van der Waals surface area contributed by atoms with Crippen molar-refractivity contribution in [1.82, 2.24) is 4.98 Å². The molecule has 0 fully saturated rings. The van der Waals surface area contributed by atoms with Crippen LogP contribution in [0.1, 0.15) is 5.56 Å². The van der Waals surface area contributed by atoms with E-state index in [9.17, 15) is 10.1 Å². The Morgan fingerprint density at radius 2 is 2.42 bits per heavy atom. The zero-order valence-electron chi connectivity index (χ0n) is 6.03. The van der Waals surface area contributed by atoms with Crippen LogP contribution in [-0.4, -0.2) is 9.91 Å². The molecule has 0 unspecified atom stereocenters. The molecule has 6 heteroatoms. The fourth-order valence-electron chi connectivity index (χ4n) is 0.699. The number of hydrogen-bond donors (Lipinski definition) is 1. The second-order valence-corrected chi connectivity index (χ2v) is 2.95. The first kappa shape index (κ1) is 9.08. The third-order valence-electron chi connectivity index (χ3n) is 1.32. The molecule has 1 aromatic heterocycles. The summed E-state index contributed by atoms with van der Waals surface area (Å²) in [6, 6.07) is 1.34. The van der Waals surface area contributed by atoms with E-state index in [0.717, 1.165) is 5.56 Å². The fourth-order valence-corrected chi connectivity index (χ4v) is 1.17. The SMILES string of the molecule is NCc1cnc([N+](=O)[O-])cc1Br. The minimum Gasteiger partial charge on any atom is -0.358 e. The Labute approximate surface area is 76.9 Å². The summed E-state index contributed by atoms with van der Waals surface area (Å²) in [6.45, 7) is 0.311. The summed E-state index contributed by atoms with van der Waals surface area (Å²) in [5.74, 6) is -0.181. The Kier molecular flexibility index (Phi) is 2.72. The molecule has 0 radical (unpaired) electrons. The maximum Gasteiger partial charge on any atom is 0.364 e. The maximum absolute atomic E-state index is 10.2. The molecule has 0 aliphatic heterocycles. The van der Waals surface area contributed by atoms with Crippen LogP contribution >= 0.6 is 15.9 Å². The molecule has 0 spiro atoms. The van der Waals surface area contributed by atoms with Crippen LogP contribution in [0.2, 0.25) is 0 Å². The van der Waals surface area contributed by atoms with Crippen LogP contribution in [0.4, 0.5) is 5.82 Å². The fraction of sp³-hybridized carbons (Fsp3) is 0.167. The molecule has 0 aromatic carbocycles. The summed E-state index contributed by atoms with van der Waals surface area (Å²) < 4.78 is 0.617. The van der Waals surface area contributed by atoms with E-state index in [2.05, 4.69) is 20.9 Å². The molecule has 1 heterocycles. The van der Waals surface area contributed by atoms with Crippen molar-refractivity contribution in [3.8, 4) is 0 Å². The summed E-state index contributed by atoms with van der Waals surface area (Å²) in [5.41, 5.74) is 6.09. The van der Waals surface area contributed by atoms with Gasteiger partial charge in [-0.3, -0.25) is 0 Å². The van der Waals surface area contributed by atoms with E-state index in [1.165, 1.54) is 12.3 Å². The Morgan fingerprint density at radius 1 is 1.75 bits per heavy atom. The van der Waals surface area contributed by atoms with Crippen molar-refractivity contribution in [3.05, 3.63) is 32.4 Å². The minimum atomic E-state index is -0.551. The van der Waals surface area contributed by atoms with Crippen molar-refractivity contribution >= 4 is 21.7 Å². The summed E-state index contributed by atoms with van der Waals surface area (Å²) >= 11 is 3.15. The normalized spacial score (nSPS) is 9.83. The van der Waals surface area contributed by atoms with Gasteiger partial charge in [0.15, 0.2) is 0 Å². The molecule has 0 saturated heterocycles. The first-order valence-corrected chi connectivity index (χ1v) is 3.93. The molecule has 0 aliphatic carbocycles. The van der Waals surface area contributed by atoms with Gasteiger partial charge >= 0.3 is 5.82 Å². The van der Waals surface area contributed by atoms with Crippen molar-refractivity contribution in [3.63, 3.8) is 0 Å². The van der Waals surface area contributed by atoms with E-state index >= 15 is 0 Å². The average molecular weight is 232 g/mol. The predicted octanol–water partition coefficient (Wildman–Crippen LogP) is 1.21. The van der Waals surface area contributed by atoms with Gasteiger partial charge in [0.1, 0.15) is 6.20 Å². The molecule has 0 atom stereocenters. The number of nitrogens with two attached hydrogens (primary N) is 1. The van der Waals surface area contributed by atoms with Gasteiger partial charge in [0, 0.05) is 16.6 Å². The molecule has 1 rings (SSSR count). The quantitative estimate of drug-likeness (QED) is 0.613. The standard InChI is InChI=1S/C6H6BrN3O2/c7-5-1-6(10(11)12)9-3-4(5)2-8/h1,3H,2,8H2. The van der Waals surface area contributed by atoms with Crippen molar-refractivity contribution in [2.45, 2.75) is 6.54 Å². The minimum absolute atomic E-state index is 0.181. The van der Waals surface area contributed by atoms with E-state index < -0.39 is 4.92 Å². The summed E-state index contributed by atoms with van der Waals surface area (Å²) in [7, 11) is 0. The molecular weight excluding hydrogens is 226 g/mol. The Bertz CT molecular complexity index is 316. The van der Waals surface area contributed by atoms with Gasteiger partial charge in [0.2, 0.25) is 0 Å². The van der Waals surface area contributed by atoms with Crippen LogP contribution in [0.15, 0.2) is 16.7 Å². The zero-order valence-corrected chi connectivity index (χ0v) is 7.61. The highest BCUT2D eigenvalue weighted by Gasteiger charge is 2.09. The average Bonchev–Trinajstić information content (AvgIpc) is 2.04. The first-order valence-electron chi connectivity index (χ1n) is 3.14. The van der Waals surface area contributed by atoms with Crippen molar-refractivity contribution < 1.29 is 4.92 Å². The Balaban J connectivity index is 3.10. The Hall–Kier alpha value is -1.01. The molecule has 0 amide bonds. The lowest BCUT2D eigenvalue weighted by molar-refractivity contribution is -0.389. The lowest BCUT2D eigenvalue weighted by Gasteiger charge is -1.97. The molecule has 5 nitrogen and oxygen atoms in total. The maximum atomic E-state index is 10.2. The van der Waals surface area contributed by atoms with Crippen LogP contribution in [-0.2, 0) is 6.54 Å². The summed E-state index contributed by atoms with van der Waals surface area (Å²) in [6.07, 6.45) is 1.39. The molecule has 64 valence electrons. The van der Waals surface area contributed by atoms with Crippen LogP contribution in [0.25, 0.3) is 0 Å². The van der Waals surface area contributed by atoms with Gasteiger partial charge in [-0.2, -0.15) is 0 Å². The van der Waals surface area contributed by atoms with Gasteiger partial charge < -0.3 is 15.8 Å². The second kappa shape index (κ2) is 3.59. The first-order chi connectivity index (χ1) is 5.65. The smallest absolute Gasteiger partial charge is 0.358 e. The van der Waals surface area contributed by atoms with Crippen LogP contribution in [0.5, 0.6) is 0 Å². The second-order valence-electron chi connectivity index (χ2n) is 2.10. The van der Waals surface area contributed by atoms with Crippen molar-refractivity contribution in [2.75, 3.05) is 0 Å². The number of nitrogens with zero attached hydrogens (tertiary/aromatic N) is 2. The van der Waals surface area contributed by atoms with Gasteiger partial charge in [0.05, 0.1) is 6.07 Å². The monoisotopic (exact) mass is 231 g/mol. The molecule has 12 heavy (non-hydrogen) atoms. The third-order valence-corrected chi connectivity index (χ3v) is 2.06. The van der Waals surface area contributed by atoms with E-state index in [1.54, 1.807) is 0 Å². The molecule has 0 saturated carbocycles. The van der Waals surface area contributed by atoms with E-state index in [4.69, 9.17) is 5.73 Å². The van der Waals surface area contributed by atoms with Crippen LogP contribution in [0, 0.1) is 10.1 Å². The molecule has 0 aliphatic rings. The summed E-state index contributed by atoms with van der Waals surface area (Å²) in [5, 5.41) is 10.2. The summed E-state index contributed by atoms with van der Waals surface area (Å²) in [4.78, 5) is 13.3. The van der Waals surface area contributed by atoms with E-state index in [0.29, 0.717) is 11.0 Å². The largest absolute Gasteiger partial charge is 0.364 e. The third kappa shape index (κ3) is 1.77. The number of pyridine rings is 1. The highest BCUT2D eigenvalue weighted by molar-refractivity contribution is 9.10. The molecule has 2 N–H and O–H groups in total. The highest BCUT2D eigenvalue weighted by atomic mass is 79.9. The number of nitro groups is 1. The van der Waals surface area contributed by atoms with Gasteiger partial charge in [-0.05, 0) is 9.91 Å².